The second-order valence-electron chi connectivity index (χ2n) is 10.2. The van der Waals surface area contributed by atoms with E-state index < -0.39 is 0 Å². The van der Waals surface area contributed by atoms with Crippen molar-refractivity contribution in [3.8, 4) is 0 Å². The lowest BCUT2D eigenvalue weighted by Crippen LogP contribution is -2.38. The first-order valence-electron chi connectivity index (χ1n) is 13.4. The predicted molar refractivity (Wildman–Crippen MR) is 152 cm³/mol. The molecule has 0 spiro atoms. The van der Waals surface area contributed by atoms with Crippen molar-refractivity contribution in [2.45, 2.75) is 70.4 Å². The molecular weight excluding hydrogens is 428 g/mol. The molecule has 4 rings (SSSR count). The predicted octanol–water partition coefficient (Wildman–Crippen LogP) is 7.28. The van der Waals surface area contributed by atoms with Crippen LogP contribution in [0.4, 0.5) is 11.5 Å². The van der Waals surface area contributed by atoms with Crippen molar-refractivity contribution in [1.82, 2.24) is 10.3 Å². The molecule has 2 aromatic carbocycles. The summed E-state index contributed by atoms with van der Waals surface area (Å²) in [6.45, 7) is 3.28. The first-order valence-corrected chi connectivity index (χ1v) is 13.4. The van der Waals surface area contributed by atoms with Crippen molar-refractivity contribution in [3.05, 3.63) is 71.8 Å². The van der Waals surface area contributed by atoms with Crippen molar-refractivity contribution in [2.75, 3.05) is 30.9 Å². The van der Waals surface area contributed by atoms with Gasteiger partial charge < -0.3 is 15.5 Å². The van der Waals surface area contributed by atoms with Crippen LogP contribution in [0.15, 0.2) is 66.2 Å². The molecule has 2 N–H and O–H groups in total. The van der Waals surface area contributed by atoms with Gasteiger partial charge >= 0.3 is 0 Å². The van der Waals surface area contributed by atoms with E-state index >= 15 is 0 Å². The minimum absolute atomic E-state index is 0.487. The van der Waals surface area contributed by atoms with E-state index in [1.54, 1.807) is 0 Å². The van der Waals surface area contributed by atoms with Gasteiger partial charge in [-0.3, -0.25) is 0 Å². The Labute approximate surface area is 211 Å². The second-order valence-corrected chi connectivity index (χ2v) is 10.2. The Kier molecular flexibility index (Phi) is 9.19. The van der Waals surface area contributed by atoms with Gasteiger partial charge in [0.2, 0.25) is 0 Å². The van der Waals surface area contributed by atoms with Crippen LogP contribution in [0.5, 0.6) is 0 Å². The fourth-order valence-electron chi connectivity index (χ4n) is 5.13. The van der Waals surface area contributed by atoms with Crippen molar-refractivity contribution < 1.29 is 0 Å². The van der Waals surface area contributed by atoms with E-state index in [0.29, 0.717) is 12.1 Å². The summed E-state index contributed by atoms with van der Waals surface area (Å²) < 4.78 is 0. The van der Waals surface area contributed by atoms with Crippen LogP contribution in [0.1, 0.15) is 63.9 Å². The number of rotatable bonds is 11. The average molecular weight is 471 g/mol. The van der Waals surface area contributed by atoms with E-state index in [-0.39, 0.29) is 0 Å². The van der Waals surface area contributed by atoms with E-state index in [1.165, 1.54) is 73.6 Å². The largest absolute Gasteiger partial charge is 0.377 e. The molecule has 1 aromatic heterocycles. The van der Waals surface area contributed by atoms with Crippen LogP contribution in [-0.4, -0.2) is 37.7 Å². The smallest absolute Gasteiger partial charge is 0.128 e. The molecule has 1 saturated carbocycles. The lowest BCUT2D eigenvalue weighted by molar-refractivity contribution is 0.360. The van der Waals surface area contributed by atoms with Crippen LogP contribution in [0.3, 0.4) is 0 Å². The van der Waals surface area contributed by atoms with Crippen LogP contribution < -0.4 is 15.5 Å². The molecular formula is C31H42N4. The number of aromatic nitrogens is 1. The number of hydrogen-bond acceptors (Lipinski definition) is 4. The van der Waals surface area contributed by atoms with Gasteiger partial charge in [0.15, 0.2) is 0 Å². The molecule has 4 heteroatoms. The highest BCUT2D eigenvalue weighted by Crippen LogP contribution is 2.29. The Morgan fingerprint density at radius 2 is 1.66 bits per heavy atom. The van der Waals surface area contributed by atoms with Gasteiger partial charge in [-0.15, -0.1) is 0 Å². The fraction of sp³-hybridized carbons (Fsp3) is 0.452. The standard InChI is InChI=1S/C31H42N4/c1-4-5-7-14-25(21-24-12-8-6-9-13-24)23-32-26-17-19-27(20-18-26)33-31-22-30(35(2)3)28-15-10-11-16-29(28)34-31/h6,8-13,15-16,21-22,26-27,32H,4-5,7,14,17-20,23H2,1-3H3,(H,33,34)/b25-21+. The highest BCUT2D eigenvalue weighted by molar-refractivity contribution is 5.93. The van der Waals surface area contributed by atoms with Crippen molar-refractivity contribution in [1.29, 1.82) is 0 Å². The van der Waals surface area contributed by atoms with Gasteiger partial charge in [-0.25, -0.2) is 4.98 Å². The molecule has 0 aliphatic heterocycles. The van der Waals surface area contributed by atoms with Crippen molar-refractivity contribution >= 4 is 28.5 Å². The third-order valence-corrected chi connectivity index (χ3v) is 7.14. The molecule has 186 valence electrons. The lowest BCUT2D eigenvalue weighted by atomic mass is 9.90. The molecule has 0 radical (unpaired) electrons. The van der Waals surface area contributed by atoms with E-state index in [2.05, 4.69) is 103 Å². The maximum absolute atomic E-state index is 4.91. The topological polar surface area (TPSA) is 40.2 Å². The van der Waals surface area contributed by atoms with Crippen LogP contribution >= 0.6 is 0 Å². The molecule has 0 saturated heterocycles. The minimum Gasteiger partial charge on any atom is -0.377 e. The molecule has 3 aromatic rings. The summed E-state index contributed by atoms with van der Waals surface area (Å²) in [6, 6.07) is 22.5. The number of anilines is 2. The van der Waals surface area contributed by atoms with Gasteiger partial charge in [0.1, 0.15) is 5.82 Å². The normalized spacial score (nSPS) is 18.5. The first kappa shape index (κ1) is 25.2. The molecule has 1 aliphatic rings. The van der Waals surface area contributed by atoms with E-state index in [0.717, 1.165) is 17.9 Å². The van der Waals surface area contributed by atoms with Crippen LogP contribution in [0.2, 0.25) is 0 Å². The summed E-state index contributed by atoms with van der Waals surface area (Å²) in [6.07, 6.45) is 12.2. The van der Waals surface area contributed by atoms with Gasteiger partial charge in [-0.1, -0.05) is 79.9 Å². The zero-order valence-corrected chi connectivity index (χ0v) is 21.8. The molecule has 0 unspecified atom stereocenters. The minimum atomic E-state index is 0.487. The lowest BCUT2D eigenvalue weighted by Gasteiger charge is -2.31. The van der Waals surface area contributed by atoms with Gasteiger partial charge in [0.05, 0.1) is 5.52 Å². The van der Waals surface area contributed by atoms with E-state index in [9.17, 15) is 0 Å². The van der Waals surface area contributed by atoms with Crippen molar-refractivity contribution in [2.24, 2.45) is 0 Å². The third-order valence-electron chi connectivity index (χ3n) is 7.14. The highest BCUT2D eigenvalue weighted by Gasteiger charge is 2.21. The highest BCUT2D eigenvalue weighted by atomic mass is 15.1. The number of para-hydroxylation sites is 1. The summed E-state index contributed by atoms with van der Waals surface area (Å²) in [7, 11) is 4.20. The van der Waals surface area contributed by atoms with Gasteiger partial charge in [-0.05, 0) is 50.2 Å². The molecule has 0 bridgehead atoms. The number of benzene rings is 2. The summed E-state index contributed by atoms with van der Waals surface area (Å²) in [4.78, 5) is 7.08. The Hall–Kier alpha value is -2.85. The van der Waals surface area contributed by atoms with Crippen LogP contribution in [-0.2, 0) is 0 Å². The molecule has 1 heterocycles. The SMILES string of the molecule is CCCCC/C(=C\c1ccccc1)CNC1CCC(Nc2cc(N(C)C)c3ccccc3n2)CC1. The van der Waals surface area contributed by atoms with E-state index in [4.69, 9.17) is 4.98 Å². The number of nitrogens with one attached hydrogen (secondary N) is 2. The van der Waals surface area contributed by atoms with E-state index in [1.807, 2.05) is 0 Å². The molecule has 4 nitrogen and oxygen atoms in total. The summed E-state index contributed by atoms with van der Waals surface area (Å²) >= 11 is 0. The number of fused-ring (bicyclic) bond motifs is 1. The summed E-state index contributed by atoms with van der Waals surface area (Å²) in [5.74, 6) is 0.993. The number of pyridine rings is 1. The number of unbranched alkanes of at least 4 members (excludes halogenated alkanes) is 2. The quantitative estimate of drug-likeness (QED) is 0.289. The average Bonchev–Trinajstić information content (AvgIpc) is 2.88. The Bertz CT molecular complexity index is 1080. The third kappa shape index (κ3) is 7.32. The summed E-state index contributed by atoms with van der Waals surface area (Å²) in [5.41, 5.74) is 5.11. The molecule has 35 heavy (non-hydrogen) atoms. The van der Waals surface area contributed by atoms with Crippen LogP contribution in [0.25, 0.3) is 17.0 Å². The fourth-order valence-corrected chi connectivity index (χ4v) is 5.13. The Morgan fingerprint density at radius 3 is 2.40 bits per heavy atom. The molecule has 0 atom stereocenters. The molecule has 0 amide bonds. The summed E-state index contributed by atoms with van der Waals surface area (Å²) in [5, 5.41) is 8.83. The zero-order valence-electron chi connectivity index (χ0n) is 21.8. The molecule has 1 fully saturated rings. The Morgan fingerprint density at radius 1 is 0.943 bits per heavy atom. The van der Waals surface area contributed by atoms with Gasteiger partial charge in [-0.2, -0.15) is 0 Å². The Balaban J connectivity index is 1.31. The zero-order chi connectivity index (χ0) is 24.5. The van der Waals surface area contributed by atoms with Crippen LogP contribution in [0, 0.1) is 0 Å². The maximum Gasteiger partial charge on any atom is 0.128 e. The first-order chi connectivity index (χ1) is 17.1. The second kappa shape index (κ2) is 12.7. The number of hydrogen-bond donors (Lipinski definition) is 2. The maximum atomic E-state index is 4.91. The molecule has 1 aliphatic carbocycles. The van der Waals surface area contributed by atoms with Gasteiger partial charge in [0, 0.05) is 49.9 Å². The van der Waals surface area contributed by atoms with Gasteiger partial charge in [0.25, 0.3) is 0 Å². The van der Waals surface area contributed by atoms with Crippen molar-refractivity contribution in [3.63, 3.8) is 0 Å². The monoisotopic (exact) mass is 470 g/mol. The number of nitrogens with zero attached hydrogens (tertiary/aromatic N) is 2.